The molecule has 176 valence electrons. The first-order valence-corrected chi connectivity index (χ1v) is 11.3. The third-order valence-electron chi connectivity index (χ3n) is 8.64. The van der Waals surface area contributed by atoms with Crippen LogP contribution in [-0.2, 0) is 33.4 Å². The van der Waals surface area contributed by atoms with Crippen molar-refractivity contribution in [3.05, 3.63) is 12.2 Å². The molecule has 2 spiro atoms. The topological polar surface area (TPSA) is 116 Å². The molecule has 0 radical (unpaired) electrons. The van der Waals surface area contributed by atoms with Crippen LogP contribution in [0.15, 0.2) is 12.2 Å². The minimum Gasteiger partial charge on any atom is -0.464 e. The van der Waals surface area contributed by atoms with Gasteiger partial charge in [0.1, 0.15) is 30.5 Å². The smallest absolute Gasteiger partial charge is 0.315 e. The quantitative estimate of drug-likeness (QED) is 0.302. The van der Waals surface area contributed by atoms with Gasteiger partial charge in [0.2, 0.25) is 0 Å². The second-order valence-corrected chi connectivity index (χ2v) is 10.7. The van der Waals surface area contributed by atoms with Crippen LogP contribution in [0.3, 0.4) is 0 Å². The number of esters is 3. The van der Waals surface area contributed by atoms with Crippen molar-refractivity contribution >= 4 is 24.2 Å². The van der Waals surface area contributed by atoms with Gasteiger partial charge in [0.25, 0.3) is 0 Å². The Morgan fingerprint density at radius 2 is 1.88 bits per heavy atom. The molecule has 0 aromatic heterocycles. The molecule has 0 unspecified atom stereocenters. The lowest BCUT2D eigenvalue weighted by Crippen LogP contribution is -2.72. The van der Waals surface area contributed by atoms with E-state index in [2.05, 4.69) is 6.58 Å². The Morgan fingerprint density at radius 3 is 2.47 bits per heavy atom. The van der Waals surface area contributed by atoms with E-state index in [9.17, 15) is 24.3 Å². The van der Waals surface area contributed by atoms with Crippen LogP contribution in [0.1, 0.15) is 53.4 Å². The van der Waals surface area contributed by atoms with Crippen LogP contribution in [0, 0.1) is 34.0 Å². The van der Waals surface area contributed by atoms with Crippen LogP contribution in [0.2, 0.25) is 0 Å². The van der Waals surface area contributed by atoms with E-state index in [4.69, 9.17) is 14.2 Å². The van der Waals surface area contributed by atoms with E-state index in [1.54, 1.807) is 0 Å². The molecule has 1 N–H and O–H groups in total. The van der Waals surface area contributed by atoms with Gasteiger partial charge >= 0.3 is 17.9 Å². The van der Waals surface area contributed by atoms with Gasteiger partial charge in [-0.05, 0) is 42.6 Å². The average Bonchev–Trinajstić information content (AvgIpc) is 2.88. The minimum atomic E-state index is -1.41. The summed E-state index contributed by atoms with van der Waals surface area (Å²) < 4.78 is 17.3. The molecule has 4 rings (SSSR count). The van der Waals surface area contributed by atoms with Crippen molar-refractivity contribution in [3.63, 3.8) is 0 Å². The first kappa shape index (κ1) is 23.0. The molecule has 8 heteroatoms. The number of hydrogen-bond acceptors (Lipinski definition) is 8. The first-order valence-electron chi connectivity index (χ1n) is 11.3. The van der Waals surface area contributed by atoms with Crippen LogP contribution in [-0.4, -0.2) is 54.2 Å². The number of carbonyl (C=O) groups excluding carboxylic acids is 4. The van der Waals surface area contributed by atoms with Crippen molar-refractivity contribution in [1.29, 1.82) is 0 Å². The fourth-order valence-electron chi connectivity index (χ4n) is 7.49. The highest BCUT2D eigenvalue weighted by molar-refractivity contribution is 5.82. The predicted molar refractivity (Wildman–Crippen MR) is 111 cm³/mol. The summed E-state index contributed by atoms with van der Waals surface area (Å²) in [7, 11) is 0. The van der Waals surface area contributed by atoms with Crippen molar-refractivity contribution in [2.24, 2.45) is 34.0 Å². The lowest BCUT2D eigenvalue weighted by atomic mass is 9.43. The summed E-state index contributed by atoms with van der Waals surface area (Å²) in [6, 6.07) is 0. The number of ether oxygens (including phenoxy) is 3. The third kappa shape index (κ3) is 2.91. The molecule has 4 aliphatic rings. The maximum atomic E-state index is 13.3. The summed E-state index contributed by atoms with van der Waals surface area (Å²) in [4.78, 5) is 50.2. The Balaban J connectivity index is 1.98. The monoisotopic (exact) mass is 448 g/mol. The number of aldehydes is 1. The number of carbonyl (C=O) groups is 4. The van der Waals surface area contributed by atoms with Crippen molar-refractivity contribution in [2.45, 2.75) is 71.7 Å². The maximum absolute atomic E-state index is 13.3. The molecule has 8 nitrogen and oxygen atoms in total. The molecule has 3 aliphatic carbocycles. The summed E-state index contributed by atoms with van der Waals surface area (Å²) in [5.41, 5.74) is -2.52. The zero-order valence-corrected chi connectivity index (χ0v) is 19.1. The normalized spacial score (nSPS) is 44.4. The molecule has 32 heavy (non-hydrogen) atoms. The predicted octanol–water partition coefficient (Wildman–Crippen LogP) is 1.97. The zero-order valence-electron chi connectivity index (χ0n) is 19.1. The molecule has 1 heterocycles. The van der Waals surface area contributed by atoms with Crippen molar-refractivity contribution in [1.82, 2.24) is 0 Å². The highest BCUT2D eigenvalue weighted by Crippen LogP contribution is 2.69. The van der Waals surface area contributed by atoms with Gasteiger partial charge in [-0.2, -0.15) is 0 Å². The van der Waals surface area contributed by atoms with Gasteiger partial charge in [0.15, 0.2) is 0 Å². The zero-order chi connectivity index (χ0) is 23.6. The molecular formula is C24H32O8. The van der Waals surface area contributed by atoms with Gasteiger partial charge in [0, 0.05) is 25.7 Å². The van der Waals surface area contributed by atoms with E-state index in [0.29, 0.717) is 31.3 Å². The van der Waals surface area contributed by atoms with Crippen molar-refractivity contribution < 1.29 is 38.5 Å². The van der Waals surface area contributed by atoms with Crippen LogP contribution < -0.4 is 0 Å². The van der Waals surface area contributed by atoms with Gasteiger partial charge in [-0.1, -0.05) is 20.4 Å². The maximum Gasteiger partial charge on any atom is 0.315 e. The van der Waals surface area contributed by atoms with Gasteiger partial charge in [-0.25, -0.2) is 0 Å². The van der Waals surface area contributed by atoms with Gasteiger partial charge in [-0.15, -0.1) is 0 Å². The standard InChI is InChI=1S/C24H32O8/c1-12-15-8-16(31-13(2)26)19-23(9-15,20(12)28)21(29)30-11-24(19)17(10-25)22(4,5)7-6-18(24)32-14(3)27/h10,15-20,28H,1,6-9,11H2,2-5H3/t15-,16+,17-,18+,19-,20-,23+,24+/m1/s1. The largest absolute Gasteiger partial charge is 0.464 e. The Labute approximate surface area is 187 Å². The molecule has 0 amide bonds. The fourth-order valence-corrected chi connectivity index (χ4v) is 7.49. The van der Waals surface area contributed by atoms with Gasteiger partial charge in [0.05, 0.1) is 11.5 Å². The number of aliphatic hydroxyl groups excluding tert-OH is 1. The second kappa shape index (κ2) is 7.40. The fraction of sp³-hybridized carbons (Fsp3) is 0.750. The molecule has 4 fully saturated rings. The van der Waals surface area contributed by atoms with E-state index >= 15 is 0 Å². The van der Waals surface area contributed by atoms with Crippen molar-refractivity contribution in [2.75, 3.05) is 6.61 Å². The van der Waals surface area contributed by atoms with Gasteiger partial charge in [-0.3, -0.25) is 14.4 Å². The molecule has 1 saturated heterocycles. The number of hydrogen-bond donors (Lipinski definition) is 1. The average molecular weight is 449 g/mol. The third-order valence-corrected chi connectivity index (χ3v) is 8.64. The van der Waals surface area contributed by atoms with Gasteiger partial charge < -0.3 is 24.1 Å². The summed E-state index contributed by atoms with van der Waals surface area (Å²) in [5, 5.41) is 11.3. The SMILES string of the molecule is C=C1[C@@H]2C[C@H](OC(C)=O)[C@@H]3[C@](C2)(C(=O)OC[C@]32[C@@H](OC(C)=O)CCC(C)(C)[C@H]2C=O)[C@@H]1O. The van der Waals surface area contributed by atoms with Crippen LogP contribution in [0.5, 0.6) is 0 Å². The molecule has 2 bridgehead atoms. The van der Waals surface area contributed by atoms with Crippen LogP contribution in [0.25, 0.3) is 0 Å². The number of rotatable bonds is 3. The second-order valence-electron chi connectivity index (χ2n) is 10.7. The molecule has 3 saturated carbocycles. The minimum absolute atomic E-state index is 0.148. The molecule has 0 aromatic rings. The highest BCUT2D eigenvalue weighted by atomic mass is 16.6. The summed E-state index contributed by atoms with van der Waals surface area (Å²) >= 11 is 0. The molecule has 1 aliphatic heterocycles. The van der Waals surface area contributed by atoms with E-state index in [1.807, 2.05) is 13.8 Å². The Morgan fingerprint density at radius 1 is 1.22 bits per heavy atom. The van der Waals surface area contributed by atoms with E-state index in [-0.39, 0.29) is 12.5 Å². The summed E-state index contributed by atoms with van der Waals surface area (Å²) in [6.07, 6.45) is -0.0387. The Kier molecular flexibility index (Phi) is 5.31. The Hall–Kier alpha value is -2.22. The van der Waals surface area contributed by atoms with E-state index in [0.717, 1.165) is 6.29 Å². The highest BCUT2D eigenvalue weighted by Gasteiger charge is 2.77. The van der Waals surface area contributed by atoms with Crippen LogP contribution >= 0.6 is 0 Å². The number of cyclic esters (lactones) is 1. The first-order chi connectivity index (χ1) is 14.9. The lowest BCUT2D eigenvalue weighted by Gasteiger charge is -2.63. The molecular weight excluding hydrogens is 416 g/mol. The number of aliphatic hydroxyl groups is 1. The lowest BCUT2D eigenvalue weighted by molar-refractivity contribution is -0.267. The van der Waals surface area contributed by atoms with E-state index < -0.39 is 64.3 Å². The van der Waals surface area contributed by atoms with Crippen molar-refractivity contribution in [3.8, 4) is 0 Å². The summed E-state index contributed by atoms with van der Waals surface area (Å²) in [5.74, 6) is -3.22. The van der Waals surface area contributed by atoms with E-state index in [1.165, 1.54) is 13.8 Å². The van der Waals surface area contributed by atoms with Crippen LogP contribution in [0.4, 0.5) is 0 Å². The number of fused-ring (bicyclic) bond motifs is 2. The molecule has 0 aromatic carbocycles. The Bertz CT molecular complexity index is 877. The summed E-state index contributed by atoms with van der Waals surface area (Å²) in [6.45, 7) is 10.4. The molecule has 8 atom stereocenters.